The van der Waals surface area contributed by atoms with Crippen LogP contribution in [0.5, 0.6) is 11.5 Å². The van der Waals surface area contributed by atoms with E-state index in [1.54, 1.807) is 38.5 Å². The van der Waals surface area contributed by atoms with Gasteiger partial charge >= 0.3 is 0 Å². The van der Waals surface area contributed by atoms with E-state index in [2.05, 4.69) is 26.8 Å². The number of hydrogen-bond donors (Lipinski definition) is 2. The maximum atomic E-state index is 12.4. The van der Waals surface area contributed by atoms with Crippen LogP contribution in [0.3, 0.4) is 0 Å². The first-order valence-corrected chi connectivity index (χ1v) is 9.28. The number of hydrogen-bond acceptors (Lipinski definition) is 5. The number of ether oxygens (including phenoxy) is 2. The van der Waals surface area contributed by atoms with Crippen molar-refractivity contribution < 1.29 is 14.3 Å². The lowest BCUT2D eigenvalue weighted by Gasteiger charge is -2.06. The van der Waals surface area contributed by atoms with Gasteiger partial charge in [-0.1, -0.05) is 36.4 Å². The standard InChI is InChI=1S/C23H20N4O3/c1-29-19-9-10-22(30-2)18(12-19)14-24-27-23(28)21-13-20(25-26-21)17-8-7-15-5-3-4-6-16(15)11-17/h3-14H,1-2H3,(H,25,26)(H,27,28)/b24-14+. The van der Waals surface area contributed by atoms with E-state index in [1.165, 1.54) is 6.21 Å². The first-order valence-electron chi connectivity index (χ1n) is 9.28. The Hall–Kier alpha value is -4.13. The molecule has 0 saturated heterocycles. The van der Waals surface area contributed by atoms with E-state index in [0.29, 0.717) is 28.5 Å². The molecule has 0 unspecified atom stereocenters. The zero-order valence-electron chi connectivity index (χ0n) is 16.5. The molecule has 0 bridgehead atoms. The van der Waals surface area contributed by atoms with Crippen LogP contribution in [0, 0.1) is 0 Å². The van der Waals surface area contributed by atoms with E-state index in [4.69, 9.17) is 9.47 Å². The number of carbonyl (C=O) groups is 1. The molecule has 1 heterocycles. The molecule has 0 atom stereocenters. The molecule has 0 aliphatic heterocycles. The van der Waals surface area contributed by atoms with E-state index >= 15 is 0 Å². The number of methoxy groups -OCH3 is 2. The van der Waals surface area contributed by atoms with Crippen molar-refractivity contribution in [2.24, 2.45) is 5.10 Å². The Morgan fingerprint density at radius 3 is 2.63 bits per heavy atom. The Bertz CT molecular complexity index is 1230. The van der Waals surface area contributed by atoms with Crippen LogP contribution in [0.1, 0.15) is 16.1 Å². The van der Waals surface area contributed by atoms with Crippen LogP contribution in [0.15, 0.2) is 71.8 Å². The van der Waals surface area contributed by atoms with Crippen molar-refractivity contribution in [2.45, 2.75) is 0 Å². The summed E-state index contributed by atoms with van der Waals surface area (Å²) in [6, 6.07) is 21.2. The van der Waals surface area contributed by atoms with Crippen LogP contribution in [0.25, 0.3) is 22.0 Å². The largest absolute Gasteiger partial charge is 0.497 e. The van der Waals surface area contributed by atoms with Gasteiger partial charge in [-0.3, -0.25) is 9.89 Å². The van der Waals surface area contributed by atoms with Gasteiger partial charge in [0.15, 0.2) is 0 Å². The Morgan fingerprint density at radius 2 is 1.83 bits per heavy atom. The van der Waals surface area contributed by atoms with Gasteiger partial charge in [0.2, 0.25) is 0 Å². The number of amides is 1. The zero-order valence-corrected chi connectivity index (χ0v) is 16.5. The second kappa shape index (κ2) is 8.48. The molecule has 0 aliphatic carbocycles. The van der Waals surface area contributed by atoms with Crippen molar-refractivity contribution in [3.8, 4) is 22.8 Å². The summed E-state index contributed by atoms with van der Waals surface area (Å²) in [5.74, 6) is 0.888. The van der Waals surface area contributed by atoms with Gasteiger partial charge in [-0.05, 0) is 41.1 Å². The van der Waals surface area contributed by atoms with Gasteiger partial charge in [-0.15, -0.1) is 0 Å². The lowest BCUT2D eigenvalue weighted by Crippen LogP contribution is -2.18. The fourth-order valence-electron chi connectivity index (χ4n) is 3.10. The molecule has 0 radical (unpaired) electrons. The second-order valence-electron chi connectivity index (χ2n) is 6.54. The van der Waals surface area contributed by atoms with E-state index in [1.807, 2.05) is 36.4 Å². The quantitative estimate of drug-likeness (QED) is 0.378. The maximum Gasteiger partial charge on any atom is 0.289 e. The number of aromatic amines is 1. The topological polar surface area (TPSA) is 88.6 Å². The number of fused-ring (bicyclic) bond motifs is 1. The average molecular weight is 400 g/mol. The maximum absolute atomic E-state index is 12.4. The number of rotatable bonds is 6. The Balaban J connectivity index is 1.48. The number of nitrogens with zero attached hydrogens (tertiary/aromatic N) is 2. The Morgan fingerprint density at radius 1 is 1.00 bits per heavy atom. The van der Waals surface area contributed by atoms with E-state index in [-0.39, 0.29) is 0 Å². The van der Waals surface area contributed by atoms with Crippen molar-refractivity contribution in [3.05, 3.63) is 78.0 Å². The molecule has 150 valence electrons. The highest BCUT2D eigenvalue weighted by Crippen LogP contribution is 2.24. The molecule has 7 nitrogen and oxygen atoms in total. The predicted molar refractivity (Wildman–Crippen MR) is 116 cm³/mol. The second-order valence-corrected chi connectivity index (χ2v) is 6.54. The monoisotopic (exact) mass is 400 g/mol. The van der Waals surface area contributed by atoms with Crippen molar-refractivity contribution >= 4 is 22.9 Å². The van der Waals surface area contributed by atoms with Crippen LogP contribution < -0.4 is 14.9 Å². The molecule has 4 aromatic rings. The molecule has 0 spiro atoms. The molecule has 2 N–H and O–H groups in total. The van der Waals surface area contributed by atoms with Crippen molar-refractivity contribution in [3.63, 3.8) is 0 Å². The van der Waals surface area contributed by atoms with E-state index < -0.39 is 5.91 Å². The minimum atomic E-state index is -0.396. The minimum absolute atomic E-state index is 0.313. The summed E-state index contributed by atoms with van der Waals surface area (Å²) in [5.41, 5.74) is 5.09. The van der Waals surface area contributed by atoms with Gasteiger partial charge in [0, 0.05) is 11.1 Å². The summed E-state index contributed by atoms with van der Waals surface area (Å²) in [6.07, 6.45) is 1.50. The summed E-state index contributed by atoms with van der Waals surface area (Å²) < 4.78 is 10.5. The number of benzene rings is 3. The summed E-state index contributed by atoms with van der Waals surface area (Å²) in [5, 5.41) is 13.3. The van der Waals surface area contributed by atoms with Crippen molar-refractivity contribution in [2.75, 3.05) is 14.2 Å². The van der Waals surface area contributed by atoms with Gasteiger partial charge in [0.1, 0.15) is 17.2 Å². The number of carbonyl (C=O) groups excluding carboxylic acids is 1. The summed E-state index contributed by atoms with van der Waals surface area (Å²) in [4.78, 5) is 12.4. The summed E-state index contributed by atoms with van der Waals surface area (Å²) in [6.45, 7) is 0. The molecular weight excluding hydrogens is 380 g/mol. The first kappa shape index (κ1) is 19.2. The van der Waals surface area contributed by atoms with E-state index in [9.17, 15) is 4.79 Å². The fraction of sp³-hybridized carbons (Fsp3) is 0.0870. The molecule has 1 aromatic heterocycles. The van der Waals surface area contributed by atoms with Crippen LogP contribution in [0.4, 0.5) is 0 Å². The Labute approximate surface area is 173 Å². The third-order valence-electron chi connectivity index (χ3n) is 4.67. The molecule has 0 fully saturated rings. The smallest absolute Gasteiger partial charge is 0.289 e. The average Bonchev–Trinajstić information content (AvgIpc) is 3.29. The van der Waals surface area contributed by atoms with Gasteiger partial charge in [0.25, 0.3) is 5.91 Å². The van der Waals surface area contributed by atoms with Gasteiger partial charge < -0.3 is 9.47 Å². The minimum Gasteiger partial charge on any atom is -0.497 e. The molecular formula is C23H20N4O3. The van der Waals surface area contributed by atoms with Crippen molar-refractivity contribution in [1.29, 1.82) is 0 Å². The third-order valence-corrected chi connectivity index (χ3v) is 4.67. The number of nitrogens with one attached hydrogen (secondary N) is 2. The van der Waals surface area contributed by atoms with Crippen LogP contribution in [-0.2, 0) is 0 Å². The highest BCUT2D eigenvalue weighted by atomic mass is 16.5. The molecule has 30 heavy (non-hydrogen) atoms. The van der Waals surface area contributed by atoms with Crippen LogP contribution in [0.2, 0.25) is 0 Å². The van der Waals surface area contributed by atoms with Crippen molar-refractivity contribution in [1.82, 2.24) is 15.6 Å². The molecule has 1 amide bonds. The van der Waals surface area contributed by atoms with Gasteiger partial charge in [-0.2, -0.15) is 10.2 Å². The lowest BCUT2D eigenvalue weighted by molar-refractivity contribution is 0.0950. The lowest BCUT2D eigenvalue weighted by atomic mass is 10.1. The number of H-pyrrole nitrogens is 1. The van der Waals surface area contributed by atoms with Crippen LogP contribution in [-0.4, -0.2) is 36.5 Å². The first-order chi connectivity index (χ1) is 14.7. The molecule has 0 aliphatic rings. The zero-order chi connectivity index (χ0) is 20.9. The van der Waals surface area contributed by atoms with Crippen LogP contribution >= 0.6 is 0 Å². The van der Waals surface area contributed by atoms with Gasteiger partial charge in [-0.25, -0.2) is 5.43 Å². The molecule has 0 saturated carbocycles. The normalized spacial score (nSPS) is 11.0. The Kier molecular flexibility index (Phi) is 5.43. The highest BCUT2D eigenvalue weighted by Gasteiger charge is 2.11. The molecule has 7 heteroatoms. The molecule has 3 aromatic carbocycles. The van der Waals surface area contributed by atoms with E-state index in [0.717, 1.165) is 16.3 Å². The van der Waals surface area contributed by atoms with Gasteiger partial charge in [0.05, 0.1) is 26.1 Å². The highest BCUT2D eigenvalue weighted by molar-refractivity contribution is 5.95. The molecule has 4 rings (SSSR count). The predicted octanol–water partition coefficient (Wildman–Crippen LogP) is 4.01. The fourth-order valence-corrected chi connectivity index (χ4v) is 3.10. The number of aromatic nitrogens is 2. The summed E-state index contributed by atoms with van der Waals surface area (Å²) in [7, 11) is 3.15. The third kappa shape index (κ3) is 4.00. The SMILES string of the molecule is COc1ccc(OC)c(/C=N/NC(=O)c2cc(-c3ccc4ccccc4c3)n[nH]2)c1. The number of hydrazone groups is 1. The summed E-state index contributed by atoms with van der Waals surface area (Å²) >= 11 is 0.